The molecule has 0 rings (SSSR count). The Morgan fingerprint density at radius 3 is 2.19 bits per heavy atom. The number of hydrogen-bond acceptors (Lipinski definition) is 4. The summed E-state index contributed by atoms with van der Waals surface area (Å²) >= 11 is 0. The molecule has 0 spiro atoms. The maximum atomic E-state index is 9.63. The third-order valence-electron chi connectivity index (χ3n) is 2.21. The van der Waals surface area contributed by atoms with E-state index >= 15 is 0 Å². The van der Waals surface area contributed by atoms with Gasteiger partial charge >= 0.3 is 0 Å². The highest BCUT2D eigenvalue weighted by molar-refractivity contribution is 4.72. The van der Waals surface area contributed by atoms with Crippen LogP contribution in [0.3, 0.4) is 0 Å². The van der Waals surface area contributed by atoms with Crippen molar-refractivity contribution in [3.05, 3.63) is 0 Å². The van der Waals surface area contributed by atoms with E-state index in [2.05, 4.69) is 0 Å². The molecule has 0 radical (unpaired) electrons. The lowest BCUT2D eigenvalue weighted by Crippen LogP contribution is -2.34. The molecule has 0 aromatic carbocycles. The summed E-state index contributed by atoms with van der Waals surface area (Å²) in [6, 6.07) is 0. The van der Waals surface area contributed by atoms with E-state index < -0.39 is 5.60 Å². The number of hydrogen-bond donors (Lipinski definition) is 2. The van der Waals surface area contributed by atoms with E-state index in [0.29, 0.717) is 32.8 Å². The Bertz CT molecular complexity index is 176. The zero-order chi connectivity index (χ0) is 12.7. The number of rotatable bonds is 8. The fourth-order valence-electron chi connectivity index (χ4n) is 1.17. The van der Waals surface area contributed by atoms with Crippen LogP contribution >= 0.6 is 0 Å². The van der Waals surface area contributed by atoms with Crippen LogP contribution in [0.5, 0.6) is 0 Å². The fraction of sp³-hybridized carbons (Fsp3) is 1.00. The van der Waals surface area contributed by atoms with Crippen molar-refractivity contribution in [2.75, 3.05) is 26.4 Å². The third kappa shape index (κ3) is 10.4. The first-order chi connectivity index (χ1) is 7.27. The largest absolute Gasteiger partial charge is 0.389 e. The zero-order valence-electron chi connectivity index (χ0n) is 11.1. The normalized spacial score (nSPS) is 16.1. The van der Waals surface area contributed by atoms with Gasteiger partial charge < -0.3 is 20.3 Å². The van der Waals surface area contributed by atoms with E-state index in [1.807, 2.05) is 20.8 Å². The van der Waals surface area contributed by atoms with Crippen LogP contribution in [0.2, 0.25) is 0 Å². The lowest BCUT2D eigenvalue weighted by molar-refractivity contribution is -0.0371. The molecule has 98 valence electrons. The van der Waals surface area contributed by atoms with Gasteiger partial charge in [0.25, 0.3) is 0 Å². The molecule has 0 aromatic rings. The smallest absolute Gasteiger partial charge is 0.0742 e. The van der Waals surface area contributed by atoms with Crippen molar-refractivity contribution >= 4 is 0 Å². The van der Waals surface area contributed by atoms with Gasteiger partial charge in [-0.3, -0.25) is 0 Å². The summed E-state index contributed by atoms with van der Waals surface area (Å²) in [4.78, 5) is 0. The average Bonchev–Trinajstić information content (AvgIpc) is 2.14. The van der Waals surface area contributed by atoms with Crippen LogP contribution in [0.1, 0.15) is 40.5 Å². The first-order valence-electron chi connectivity index (χ1n) is 5.91. The minimum absolute atomic E-state index is 0.105. The van der Waals surface area contributed by atoms with Crippen molar-refractivity contribution in [1.82, 2.24) is 0 Å². The van der Waals surface area contributed by atoms with Crippen molar-refractivity contribution in [3.8, 4) is 0 Å². The minimum Gasteiger partial charge on any atom is -0.389 e. The average molecular weight is 233 g/mol. The SMILES string of the molecule is CC(O)(CN)CCCOCCOC(C)(C)C. The first kappa shape index (κ1) is 15.8. The molecule has 0 aliphatic rings. The van der Waals surface area contributed by atoms with Crippen LogP contribution in [0.15, 0.2) is 0 Å². The molecular formula is C12H27NO3. The molecule has 0 saturated heterocycles. The van der Waals surface area contributed by atoms with Crippen LogP contribution < -0.4 is 5.73 Å². The Labute approximate surface area is 99.1 Å². The van der Waals surface area contributed by atoms with E-state index in [9.17, 15) is 5.11 Å². The Morgan fingerprint density at radius 2 is 1.69 bits per heavy atom. The molecule has 4 nitrogen and oxygen atoms in total. The van der Waals surface area contributed by atoms with Gasteiger partial charge in [0.1, 0.15) is 0 Å². The van der Waals surface area contributed by atoms with Crippen molar-refractivity contribution in [1.29, 1.82) is 0 Å². The lowest BCUT2D eigenvalue weighted by atomic mass is 10.0. The number of aliphatic hydroxyl groups is 1. The van der Waals surface area contributed by atoms with Crippen LogP contribution in [-0.2, 0) is 9.47 Å². The van der Waals surface area contributed by atoms with Gasteiger partial charge in [0.2, 0.25) is 0 Å². The first-order valence-corrected chi connectivity index (χ1v) is 5.91. The van der Waals surface area contributed by atoms with Crippen molar-refractivity contribution in [2.45, 2.75) is 51.7 Å². The molecule has 16 heavy (non-hydrogen) atoms. The molecule has 0 heterocycles. The molecular weight excluding hydrogens is 206 g/mol. The summed E-state index contributed by atoms with van der Waals surface area (Å²) < 4.78 is 10.9. The van der Waals surface area contributed by atoms with E-state index in [-0.39, 0.29) is 5.60 Å². The maximum Gasteiger partial charge on any atom is 0.0742 e. The highest BCUT2D eigenvalue weighted by Gasteiger charge is 2.16. The van der Waals surface area contributed by atoms with E-state index in [1.54, 1.807) is 6.92 Å². The van der Waals surface area contributed by atoms with E-state index in [4.69, 9.17) is 15.2 Å². The second kappa shape index (κ2) is 7.22. The quantitative estimate of drug-likeness (QED) is 0.620. The maximum absolute atomic E-state index is 9.63. The van der Waals surface area contributed by atoms with Gasteiger partial charge in [-0.1, -0.05) is 0 Å². The molecule has 3 N–H and O–H groups in total. The Balaban J connectivity index is 3.29. The van der Waals surface area contributed by atoms with Gasteiger partial charge in [-0.05, 0) is 40.5 Å². The van der Waals surface area contributed by atoms with Crippen LogP contribution in [-0.4, -0.2) is 42.7 Å². The molecule has 0 aliphatic heterocycles. The van der Waals surface area contributed by atoms with Crippen molar-refractivity contribution < 1.29 is 14.6 Å². The fourth-order valence-corrected chi connectivity index (χ4v) is 1.17. The molecule has 0 saturated carbocycles. The van der Waals surface area contributed by atoms with Crippen molar-refractivity contribution in [2.24, 2.45) is 5.73 Å². The summed E-state index contributed by atoms with van der Waals surface area (Å²) in [5.41, 5.74) is 4.54. The van der Waals surface area contributed by atoms with Gasteiger partial charge in [-0.2, -0.15) is 0 Å². The lowest BCUT2D eigenvalue weighted by Gasteiger charge is -2.21. The Morgan fingerprint density at radius 1 is 1.06 bits per heavy atom. The number of nitrogens with two attached hydrogens (primary N) is 1. The Kier molecular flexibility index (Phi) is 7.15. The van der Waals surface area contributed by atoms with Crippen LogP contribution in [0, 0.1) is 0 Å². The van der Waals surface area contributed by atoms with Gasteiger partial charge in [-0.25, -0.2) is 0 Å². The topological polar surface area (TPSA) is 64.7 Å². The van der Waals surface area contributed by atoms with Gasteiger partial charge in [0.15, 0.2) is 0 Å². The van der Waals surface area contributed by atoms with E-state index in [0.717, 1.165) is 6.42 Å². The second-order valence-electron chi connectivity index (χ2n) is 5.38. The van der Waals surface area contributed by atoms with Gasteiger partial charge in [0.05, 0.1) is 24.4 Å². The van der Waals surface area contributed by atoms with Gasteiger partial charge in [0, 0.05) is 13.2 Å². The molecule has 0 fully saturated rings. The van der Waals surface area contributed by atoms with E-state index in [1.165, 1.54) is 0 Å². The van der Waals surface area contributed by atoms with Crippen LogP contribution in [0.25, 0.3) is 0 Å². The van der Waals surface area contributed by atoms with Gasteiger partial charge in [-0.15, -0.1) is 0 Å². The van der Waals surface area contributed by atoms with Crippen molar-refractivity contribution in [3.63, 3.8) is 0 Å². The molecule has 1 atom stereocenters. The molecule has 0 aromatic heterocycles. The Hall–Kier alpha value is -0.160. The third-order valence-corrected chi connectivity index (χ3v) is 2.21. The van der Waals surface area contributed by atoms with Crippen LogP contribution in [0.4, 0.5) is 0 Å². The predicted molar refractivity (Wildman–Crippen MR) is 65.4 cm³/mol. The molecule has 0 bridgehead atoms. The monoisotopic (exact) mass is 233 g/mol. The highest BCUT2D eigenvalue weighted by atomic mass is 16.5. The summed E-state index contributed by atoms with van der Waals surface area (Å²) in [7, 11) is 0. The molecule has 4 heteroatoms. The highest BCUT2D eigenvalue weighted by Crippen LogP contribution is 2.10. The molecule has 0 amide bonds. The molecule has 0 aliphatic carbocycles. The summed E-state index contributed by atoms with van der Waals surface area (Å²) in [5, 5.41) is 9.63. The number of ether oxygens (including phenoxy) is 2. The predicted octanol–water partition coefficient (Wildman–Crippen LogP) is 1.31. The summed E-state index contributed by atoms with van der Waals surface area (Å²) in [5.74, 6) is 0. The standard InChI is InChI=1S/C12H27NO3/c1-11(2,3)16-9-8-15-7-5-6-12(4,14)10-13/h14H,5-10,13H2,1-4H3. The molecule has 1 unspecified atom stereocenters. The summed E-state index contributed by atoms with van der Waals surface area (Å²) in [6.07, 6.45) is 1.49. The minimum atomic E-state index is -0.759. The zero-order valence-corrected chi connectivity index (χ0v) is 11.1. The second-order valence-corrected chi connectivity index (χ2v) is 5.38. The summed E-state index contributed by atoms with van der Waals surface area (Å²) in [6.45, 7) is 9.95.